The van der Waals surface area contributed by atoms with Crippen LogP contribution in [0.5, 0.6) is 11.5 Å². The summed E-state index contributed by atoms with van der Waals surface area (Å²) in [4.78, 5) is 3.16. The van der Waals surface area contributed by atoms with Gasteiger partial charge in [-0.2, -0.15) is 5.10 Å². The summed E-state index contributed by atoms with van der Waals surface area (Å²) in [5, 5.41) is 15.6. The van der Waals surface area contributed by atoms with E-state index in [4.69, 9.17) is 9.84 Å². The van der Waals surface area contributed by atoms with Crippen LogP contribution in [0.15, 0.2) is 85.2 Å². The summed E-state index contributed by atoms with van der Waals surface area (Å²) in [7, 11) is 0. The number of nitrogens with zero attached hydrogens (tertiary/aromatic N) is 2. The predicted molar refractivity (Wildman–Crippen MR) is 130 cm³/mol. The van der Waals surface area contributed by atoms with E-state index in [9.17, 15) is 5.11 Å². The molecule has 31 heavy (non-hydrogen) atoms. The number of aromatic nitrogens is 3. The summed E-state index contributed by atoms with van der Waals surface area (Å²) in [6.07, 6.45) is 3.85. The summed E-state index contributed by atoms with van der Waals surface area (Å²) in [5.74, 6) is 1.35. The van der Waals surface area contributed by atoms with Crippen molar-refractivity contribution in [2.45, 2.75) is 13.2 Å². The minimum atomic E-state index is -0.0902. The van der Waals surface area contributed by atoms with Crippen LogP contribution in [-0.2, 0) is 13.2 Å². The third kappa shape index (κ3) is 4.22. The Labute approximate surface area is 193 Å². The Balaban J connectivity index is 1.39. The van der Waals surface area contributed by atoms with Crippen LogP contribution in [0.3, 0.4) is 0 Å². The van der Waals surface area contributed by atoms with Gasteiger partial charge in [0.05, 0.1) is 18.8 Å². The van der Waals surface area contributed by atoms with E-state index < -0.39 is 0 Å². The molecule has 0 aliphatic carbocycles. The molecule has 0 fully saturated rings. The van der Waals surface area contributed by atoms with E-state index in [2.05, 4.69) is 51.8 Å². The Morgan fingerprint density at radius 3 is 2.77 bits per heavy atom. The van der Waals surface area contributed by atoms with E-state index in [-0.39, 0.29) is 6.61 Å². The van der Waals surface area contributed by atoms with Crippen LogP contribution < -0.4 is 4.74 Å². The molecule has 2 heterocycles. The fourth-order valence-electron chi connectivity index (χ4n) is 3.71. The zero-order valence-electron chi connectivity index (χ0n) is 16.6. The summed E-state index contributed by atoms with van der Waals surface area (Å²) >= 11 is 2.32. The van der Waals surface area contributed by atoms with Gasteiger partial charge in [-0.1, -0.05) is 24.3 Å². The normalized spacial score (nSPS) is 11.2. The molecule has 0 bridgehead atoms. The number of halogens is 1. The Morgan fingerprint density at radius 1 is 1.00 bits per heavy atom. The molecule has 3 aromatic carbocycles. The second kappa shape index (κ2) is 8.56. The van der Waals surface area contributed by atoms with Crippen molar-refractivity contribution in [3.63, 3.8) is 0 Å². The second-order valence-electron chi connectivity index (χ2n) is 7.30. The van der Waals surface area contributed by atoms with Gasteiger partial charge in [0.2, 0.25) is 0 Å². The third-order valence-corrected chi connectivity index (χ3v) is 5.86. The molecule has 0 aliphatic rings. The monoisotopic (exact) mass is 521 g/mol. The number of aliphatic hydroxyl groups excluding tert-OH is 1. The van der Waals surface area contributed by atoms with Crippen LogP contribution >= 0.6 is 22.6 Å². The van der Waals surface area contributed by atoms with Crippen LogP contribution in [-0.4, -0.2) is 19.9 Å². The fraction of sp³-hybridized carbons (Fsp3) is 0.0800. The Kier molecular flexibility index (Phi) is 5.48. The maximum atomic E-state index is 9.88. The molecule has 2 aromatic heterocycles. The maximum absolute atomic E-state index is 9.88. The average Bonchev–Trinajstić information content (AvgIpc) is 3.43. The van der Waals surface area contributed by atoms with Gasteiger partial charge in [-0.15, -0.1) is 0 Å². The highest BCUT2D eigenvalue weighted by Crippen LogP contribution is 2.32. The standard InChI is InChI=1S/C25H20IN3O2/c26-19-5-1-3-17(13-19)15-29-12-10-23(28-29)18-4-2-6-20(14-18)31-25-8-7-24-21(9-11-27-24)22(25)16-30/h1-14,27,30H,15-16H2. The van der Waals surface area contributed by atoms with Gasteiger partial charge in [0.25, 0.3) is 0 Å². The van der Waals surface area contributed by atoms with Crippen molar-refractivity contribution >= 4 is 33.5 Å². The SMILES string of the molecule is OCc1c(Oc2cccc(-c3ccn(Cc4cccc(I)c4)n3)c2)ccc2[nH]ccc12. The quantitative estimate of drug-likeness (QED) is 0.271. The fourth-order valence-corrected chi connectivity index (χ4v) is 4.31. The van der Waals surface area contributed by atoms with Gasteiger partial charge >= 0.3 is 0 Å². The first-order valence-corrected chi connectivity index (χ1v) is 11.0. The Bertz CT molecular complexity index is 1360. The first-order chi connectivity index (χ1) is 15.2. The third-order valence-electron chi connectivity index (χ3n) is 5.19. The first-order valence-electron chi connectivity index (χ1n) is 9.95. The number of hydrogen-bond donors (Lipinski definition) is 2. The zero-order chi connectivity index (χ0) is 21.2. The second-order valence-corrected chi connectivity index (χ2v) is 8.54. The number of ether oxygens (including phenoxy) is 1. The lowest BCUT2D eigenvalue weighted by molar-refractivity contribution is 0.278. The Morgan fingerprint density at radius 2 is 1.90 bits per heavy atom. The zero-order valence-corrected chi connectivity index (χ0v) is 18.8. The van der Waals surface area contributed by atoms with Crippen LogP contribution in [0.1, 0.15) is 11.1 Å². The van der Waals surface area contributed by atoms with Gasteiger partial charge in [0, 0.05) is 38.0 Å². The van der Waals surface area contributed by atoms with Crippen molar-refractivity contribution in [1.82, 2.24) is 14.8 Å². The number of fused-ring (bicyclic) bond motifs is 1. The number of aliphatic hydroxyl groups is 1. The molecule has 0 atom stereocenters. The van der Waals surface area contributed by atoms with Crippen LogP contribution in [0, 0.1) is 3.57 Å². The summed E-state index contributed by atoms with van der Waals surface area (Å²) in [6.45, 7) is 0.636. The summed E-state index contributed by atoms with van der Waals surface area (Å²) in [6, 6.07) is 24.1. The molecule has 5 nitrogen and oxygen atoms in total. The van der Waals surface area contributed by atoms with Crippen molar-refractivity contribution in [2.75, 3.05) is 0 Å². The average molecular weight is 521 g/mol. The van der Waals surface area contributed by atoms with Crippen LogP contribution in [0.25, 0.3) is 22.2 Å². The lowest BCUT2D eigenvalue weighted by Crippen LogP contribution is -2.00. The highest BCUT2D eigenvalue weighted by molar-refractivity contribution is 14.1. The molecule has 154 valence electrons. The molecule has 0 aliphatic heterocycles. The molecular formula is C25H20IN3O2. The van der Waals surface area contributed by atoms with E-state index in [1.165, 1.54) is 9.13 Å². The van der Waals surface area contributed by atoms with Crippen LogP contribution in [0.2, 0.25) is 0 Å². The van der Waals surface area contributed by atoms with Crippen LogP contribution in [0.4, 0.5) is 0 Å². The number of nitrogens with one attached hydrogen (secondary N) is 1. The Hall–Kier alpha value is -3.10. The number of benzene rings is 3. The minimum absolute atomic E-state index is 0.0902. The summed E-state index contributed by atoms with van der Waals surface area (Å²) in [5.41, 5.74) is 4.83. The van der Waals surface area contributed by atoms with Gasteiger partial charge in [0.15, 0.2) is 0 Å². The van der Waals surface area contributed by atoms with E-state index in [1.807, 2.05) is 65.6 Å². The molecule has 5 aromatic rings. The van der Waals surface area contributed by atoms with E-state index in [0.29, 0.717) is 11.5 Å². The van der Waals surface area contributed by atoms with Crippen molar-refractivity contribution in [3.05, 3.63) is 99.9 Å². The highest BCUT2D eigenvalue weighted by Gasteiger charge is 2.11. The molecule has 0 radical (unpaired) electrons. The van der Waals surface area contributed by atoms with Gasteiger partial charge in [0.1, 0.15) is 11.5 Å². The molecule has 0 amide bonds. The predicted octanol–water partition coefficient (Wildman–Crippen LogP) is 5.97. The lowest BCUT2D eigenvalue weighted by atomic mass is 10.1. The first kappa shape index (κ1) is 19.8. The molecular weight excluding hydrogens is 501 g/mol. The molecule has 2 N–H and O–H groups in total. The van der Waals surface area contributed by atoms with Crippen molar-refractivity contribution < 1.29 is 9.84 Å². The number of H-pyrrole nitrogens is 1. The lowest BCUT2D eigenvalue weighted by Gasteiger charge is -2.11. The van der Waals surface area contributed by atoms with Gasteiger partial charge < -0.3 is 14.8 Å². The summed E-state index contributed by atoms with van der Waals surface area (Å²) < 4.78 is 9.30. The molecule has 0 spiro atoms. The molecule has 0 unspecified atom stereocenters. The smallest absolute Gasteiger partial charge is 0.133 e. The van der Waals surface area contributed by atoms with Crippen molar-refractivity contribution in [1.29, 1.82) is 0 Å². The molecule has 6 heteroatoms. The maximum Gasteiger partial charge on any atom is 0.133 e. The molecule has 0 saturated heterocycles. The largest absolute Gasteiger partial charge is 0.457 e. The van der Waals surface area contributed by atoms with E-state index >= 15 is 0 Å². The van der Waals surface area contributed by atoms with E-state index in [0.717, 1.165) is 34.3 Å². The van der Waals surface area contributed by atoms with Crippen molar-refractivity contribution in [3.8, 4) is 22.8 Å². The highest BCUT2D eigenvalue weighted by atomic mass is 127. The van der Waals surface area contributed by atoms with E-state index in [1.54, 1.807) is 0 Å². The molecule has 5 rings (SSSR count). The van der Waals surface area contributed by atoms with Gasteiger partial charge in [-0.3, -0.25) is 4.68 Å². The number of rotatable bonds is 6. The van der Waals surface area contributed by atoms with Gasteiger partial charge in [-0.05, 0) is 76.7 Å². The number of aromatic amines is 1. The van der Waals surface area contributed by atoms with Gasteiger partial charge in [-0.25, -0.2) is 0 Å². The number of hydrogen-bond acceptors (Lipinski definition) is 3. The minimum Gasteiger partial charge on any atom is -0.457 e. The molecule has 0 saturated carbocycles. The topological polar surface area (TPSA) is 63.1 Å². The van der Waals surface area contributed by atoms with Crippen molar-refractivity contribution in [2.24, 2.45) is 0 Å².